The first-order valence-electron chi connectivity index (χ1n) is 2.12. The summed E-state index contributed by atoms with van der Waals surface area (Å²) >= 11 is 1.50. The number of nitrogens with one attached hydrogen (secondary N) is 1. The number of carboxylic acid groups (broad SMARTS) is 2. The molecule has 0 aliphatic carbocycles. The first kappa shape index (κ1) is 9.21. The van der Waals surface area contributed by atoms with Gasteiger partial charge in [0.2, 0.25) is 0 Å². The summed E-state index contributed by atoms with van der Waals surface area (Å²) in [7, 11) is 0. The Balaban J connectivity index is 3.92. The van der Waals surface area contributed by atoms with Gasteiger partial charge in [-0.15, -0.1) is 0 Å². The van der Waals surface area contributed by atoms with Gasteiger partial charge in [-0.25, -0.2) is 9.59 Å². The van der Waals surface area contributed by atoms with E-state index in [4.69, 9.17) is 10.2 Å². The Morgan fingerprint density at radius 1 is 1.40 bits per heavy atom. The maximum absolute atomic E-state index is 10.0. The van der Waals surface area contributed by atoms with Gasteiger partial charge in [-0.05, 0) is 22.6 Å². The van der Waals surface area contributed by atoms with Gasteiger partial charge in [0, 0.05) is 6.20 Å². The first-order valence-corrected chi connectivity index (χ1v) is 3.20. The van der Waals surface area contributed by atoms with E-state index < -0.39 is 12.1 Å². The number of hydrogen-bond acceptors (Lipinski definition) is 2. The maximum Gasteiger partial charge on any atom is 0.408 e. The SMILES string of the molecule is O=C(O)NC=C(I)C(=O)O. The lowest BCUT2D eigenvalue weighted by Crippen LogP contribution is -2.14. The van der Waals surface area contributed by atoms with E-state index in [9.17, 15) is 9.59 Å². The quantitative estimate of drug-likeness (QED) is 0.499. The smallest absolute Gasteiger partial charge is 0.408 e. The van der Waals surface area contributed by atoms with Gasteiger partial charge in [0.15, 0.2) is 0 Å². The Hall–Kier alpha value is -0.790. The van der Waals surface area contributed by atoms with Gasteiger partial charge < -0.3 is 10.2 Å². The molecule has 0 saturated carbocycles. The van der Waals surface area contributed by atoms with E-state index >= 15 is 0 Å². The lowest BCUT2D eigenvalue weighted by molar-refractivity contribution is -0.131. The molecule has 0 rings (SSSR count). The van der Waals surface area contributed by atoms with Crippen LogP contribution < -0.4 is 5.32 Å². The molecule has 0 unspecified atom stereocenters. The van der Waals surface area contributed by atoms with Crippen LogP contribution in [-0.2, 0) is 4.79 Å². The van der Waals surface area contributed by atoms with Crippen LogP contribution in [0.5, 0.6) is 0 Å². The van der Waals surface area contributed by atoms with Gasteiger partial charge in [-0.1, -0.05) is 0 Å². The highest BCUT2D eigenvalue weighted by molar-refractivity contribution is 14.1. The van der Waals surface area contributed by atoms with Crippen LogP contribution in [0.1, 0.15) is 0 Å². The molecule has 0 aromatic heterocycles. The van der Waals surface area contributed by atoms with E-state index in [1.807, 2.05) is 0 Å². The number of carboxylic acids is 1. The minimum absolute atomic E-state index is 0.0833. The lowest BCUT2D eigenvalue weighted by Gasteiger charge is -1.90. The van der Waals surface area contributed by atoms with E-state index in [1.54, 1.807) is 5.32 Å². The van der Waals surface area contributed by atoms with Crippen molar-refractivity contribution in [2.24, 2.45) is 0 Å². The van der Waals surface area contributed by atoms with Crippen LogP contribution >= 0.6 is 22.6 Å². The number of aliphatic carboxylic acids is 1. The van der Waals surface area contributed by atoms with Crippen LogP contribution in [0, 0.1) is 0 Å². The zero-order chi connectivity index (χ0) is 8.15. The summed E-state index contributed by atoms with van der Waals surface area (Å²) in [5, 5.41) is 18.0. The van der Waals surface area contributed by atoms with E-state index in [0.717, 1.165) is 6.20 Å². The molecular formula is C4H4INO4. The number of rotatable bonds is 2. The predicted octanol–water partition coefficient (Wildman–Crippen LogP) is 0.615. The van der Waals surface area contributed by atoms with Crippen molar-refractivity contribution in [1.82, 2.24) is 5.32 Å². The van der Waals surface area contributed by atoms with Crippen LogP contribution in [0.15, 0.2) is 9.78 Å². The second-order valence-electron chi connectivity index (χ2n) is 1.25. The molecule has 6 heteroatoms. The van der Waals surface area contributed by atoms with Gasteiger partial charge >= 0.3 is 12.1 Å². The van der Waals surface area contributed by atoms with Gasteiger partial charge in [-0.2, -0.15) is 0 Å². The molecular weight excluding hydrogens is 253 g/mol. The monoisotopic (exact) mass is 257 g/mol. The summed E-state index contributed by atoms with van der Waals surface area (Å²) in [5.74, 6) is -1.16. The predicted molar refractivity (Wildman–Crippen MR) is 40.9 cm³/mol. The fourth-order valence-corrected chi connectivity index (χ4v) is 0.343. The van der Waals surface area contributed by atoms with Crippen molar-refractivity contribution < 1.29 is 19.8 Å². The van der Waals surface area contributed by atoms with Gasteiger partial charge in [-0.3, -0.25) is 5.32 Å². The third kappa shape index (κ3) is 4.13. The van der Waals surface area contributed by atoms with E-state index in [-0.39, 0.29) is 3.58 Å². The molecule has 0 spiro atoms. The minimum Gasteiger partial charge on any atom is -0.477 e. The van der Waals surface area contributed by atoms with Crippen LogP contribution in [-0.4, -0.2) is 22.3 Å². The second kappa shape index (κ2) is 4.09. The standard InChI is InChI=1S/C4H4INO4/c5-2(3(7)8)1-6-4(9)10/h1,6H,(H,7,8)(H,9,10). The summed E-state index contributed by atoms with van der Waals surface area (Å²) in [6, 6.07) is 0. The molecule has 0 atom stereocenters. The van der Waals surface area contributed by atoms with Crippen molar-refractivity contribution in [2.75, 3.05) is 0 Å². The average molecular weight is 257 g/mol. The summed E-state index contributed by atoms with van der Waals surface area (Å²) in [6.45, 7) is 0. The molecule has 1 amide bonds. The minimum atomic E-state index is -1.28. The molecule has 0 bridgehead atoms. The fourth-order valence-electron chi connectivity index (χ4n) is 0.187. The molecule has 0 aromatic rings. The Morgan fingerprint density at radius 3 is 2.20 bits per heavy atom. The molecule has 0 radical (unpaired) electrons. The van der Waals surface area contributed by atoms with Gasteiger partial charge in [0.05, 0.1) is 0 Å². The summed E-state index contributed by atoms with van der Waals surface area (Å²) in [6.07, 6.45) is -0.388. The highest BCUT2D eigenvalue weighted by Gasteiger charge is 2.00. The van der Waals surface area contributed by atoms with E-state index in [0.29, 0.717) is 0 Å². The van der Waals surface area contributed by atoms with Gasteiger partial charge in [0.25, 0.3) is 0 Å². The topological polar surface area (TPSA) is 86.6 Å². The average Bonchev–Trinajstić information content (AvgIpc) is 1.82. The maximum atomic E-state index is 10.0. The molecule has 5 nitrogen and oxygen atoms in total. The Morgan fingerprint density at radius 2 is 1.90 bits per heavy atom. The molecule has 10 heavy (non-hydrogen) atoms. The third-order valence-electron chi connectivity index (χ3n) is 0.527. The van der Waals surface area contributed by atoms with Crippen molar-refractivity contribution in [3.05, 3.63) is 9.78 Å². The summed E-state index contributed by atoms with van der Waals surface area (Å²) in [4.78, 5) is 19.8. The Kier molecular flexibility index (Phi) is 3.77. The van der Waals surface area contributed by atoms with Crippen molar-refractivity contribution in [1.29, 1.82) is 0 Å². The number of carbonyl (C=O) groups is 2. The molecule has 56 valence electrons. The van der Waals surface area contributed by atoms with Crippen LogP contribution in [0.4, 0.5) is 4.79 Å². The van der Waals surface area contributed by atoms with E-state index in [2.05, 4.69) is 0 Å². The van der Waals surface area contributed by atoms with Crippen molar-refractivity contribution in [3.63, 3.8) is 0 Å². The van der Waals surface area contributed by atoms with Crippen molar-refractivity contribution in [2.45, 2.75) is 0 Å². The normalized spacial score (nSPS) is 10.7. The Bertz CT molecular complexity index is 188. The van der Waals surface area contributed by atoms with Crippen LogP contribution in [0.3, 0.4) is 0 Å². The zero-order valence-corrected chi connectivity index (χ0v) is 6.82. The molecule has 0 heterocycles. The summed E-state index contributed by atoms with van der Waals surface area (Å²) in [5.41, 5.74) is 0. The zero-order valence-electron chi connectivity index (χ0n) is 4.67. The highest BCUT2D eigenvalue weighted by atomic mass is 127. The third-order valence-corrected chi connectivity index (χ3v) is 1.30. The highest BCUT2D eigenvalue weighted by Crippen LogP contribution is 2.02. The van der Waals surface area contributed by atoms with Gasteiger partial charge in [0.1, 0.15) is 3.58 Å². The van der Waals surface area contributed by atoms with Crippen LogP contribution in [0.25, 0.3) is 0 Å². The second-order valence-corrected chi connectivity index (χ2v) is 2.41. The van der Waals surface area contributed by atoms with Crippen molar-refractivity contribution in [3.8, 4) is 0 Å². The van der Waals surface area contributed by atoms with Crippen LogP contribution in [0.2, 0.25) is 0 Å². The largest absolute Gasteiger partial charge is 0.477 e. The molecule has 3 N–H and O–H groups in total. The molecule has 0 aliphatic heterocycles. The molecule has 0 aliphatic rings. The lowest BCUT2D eigenvalue weighted by atomic mass is 10.6. The van der Waals surface area contributed by atoms with E-state index in [1.165, 1.54) is 22.6 Å². The fraction of sp³-hybridized carbons (Fsp3) is 0. The number of hydrogen-bond donors (Lipinski definition) is 3. The van der Waals surface area contributed by atoms with Crippen molar-refractivity contribution >= 4 is 34.7 Å². The number of halogens is 1. The first-order chi connectivity index (χ1) is 4.54. The Labute approximate surface area is 69.9 Å². The summed E-state index contributed by atoms with van der Waals surface area (Å²) < 4.78 is -0.0833. The molecule has 0 fully saturated rings. The molecule has 0 aromatic carbocycles. The molecule has 0 saturated heterocycles. The number of amides is 1.